The number of carbonyl (C=O) groups excluding carboxylic acids is 1. The van der Waals surface area contributed by atoms with Crippen molar-refractivity contribution < 1.29 is 9.18 Å². The Balaban J connectivity index is 1.38. The van der Waals surface area contributed by atoms with Crippen LogP contribution in [0.3, 0.4) is 0 Å². The molecule has 0 aliphatic carbocycles. The molecule has 1 aromatic carbocycles. The summed E-state index contributed by atoms with van der Waals surface area (Å²) in [5.41, 5.74) is 4.71. The van der Waals surface area contributed by atoms with E-state index in [4.69, 9.17) is 0 Å². The number of fused-ring (bicyclic) bond motifs is 1. The van der Waals surface area contributed by atoms with Gasteiger partial charge in [0, 0.05) is 49.7 Å². The molecule has 0 atom stereocenters. The van der Waals surface area contributed by atoms with Crippen molar-refractivity contribution in [1.82, 2.24) is 19.5 Å². The number of hydrogen-bond donors (Lipinski definition) is 0. The number of piperazine rings is 1. The number of halogens is 1. The number of carbonyl (C=O) groups is 1. The standard InChI is InChI=1S/C22H23FN6O/c1-15-20(16(2)29-22(26-15)17(13-24)14-25-29)7-8-21(30)28-11-9-27(10-12-28)19-5-3-18(23)4-6-19/h3-6,14H,7-12H2,1-2H3. The first-order valence-corrected chi connectivity index (χ1v) is 10.00. The van der Waals surface area contributed by atoms with Gasteiger partial charge in [-0.25, -0.2) is 13.9 Å². The average molecular weight is 406 g/mol. The number of hydrogen-bond acceptors (Lipinski definition) is 5. The van der Waals surface area contributed by atoms with E-state index in [1.54, 1.807) is 16.6 Å². The minimum Gasteiger partial charge on any atom is -0.368 e. The van der Waals surface area contributed by atoms with Gasteiger partial charge in [-0.1, -0.05) is 0 Å². The quantitative estimate of drug-likeness (QED) is 0.666. The molecule has 0 saturated carbocycles. The molecule has 3 aromatic rings. The van der Waals surface area contributed by atoms with Crippen molar-refractivity contribution in [2.45, 2.75) is 26.7 Å². The number of aromatic nitrogens is 3. The second kappa shape index (κ2) is 8.11. The first-order valence-electron chi connectivity index (χ1n) is 10.00. The summed E-state index contributed by atoms with van der Waals surface area (Å²) in [5, 5.41) is 13.4. The molecule has 0 N–H and O–H groups in total. The van der Waals surface area contributed by atoms with Crippen LogP contribution in [0.15, 0.2) is 30.5 Å². The summed E-state index contributed by atoms with van der Waals surface area (Å²) >= 11 is 0. The summed E-state index contributed by atoms with van der Waals surface area (Å²) in [6, 6.07) is 8.57. The van der Waals surface area contributed by atoms with Crippen molar-refractivity contribution in [2.75, 3.05) is 31.1 Å². The molecule has 8 heteroatoms. The van der Waals surface area contributed by atoms with E-state index in [1.165, 1.54) is 18.3 Å². The molecule has 4 rings (SSSR count). The fourth-order valence-electron chi connectivity index (χ4n) is 4.01. The summed E-state index contributed by atoms with van der Waals surface area (Å²) in [7, 11) is 0. The van der Waals surface area contributed by atoms with E-state index in [1.807, 2.05) is 18.7 Å². The van der Waals surface area contributed by atoms with Gasteiger partial charge in [0.15, 0.2) is 5.65 Å². The maximum atomic E-state index is 13.1. The van der Waals surface area contributed by atoms with Gasteiger partial charge in [-0.15, -0.1) is 0 Å². The molecule has 0 bridgehead atoms. The normalized spacial score (nSPS) is 14.2. The lowest BCUT2D eigenvalue weighted by Gasteiger charge is -2.36. The lowest BCUT2D eigenvalue weighted by atomic mass is 10.1. The van der Waals surface area contributed by atoms with Crippen LogP contribution in [-0.4, -0.2) is 51.6 Å². The van der Waals surface area contributed by atoms with Gasteiger partial charge in [0.25, 0.3) is 0 Å². The predicted octanol–water partition coefficient (Wildman–Crippen LogP) is 2.64. The Bertz CT molecular complexity index is 1120. The highest BCUT2D eigenvalue weighted by Gasteiger charge is 2.22. The summed E-state index contributed by atoms with van der Waals surface area (Å²) < 4.78 is 14.8. The lowest BCUT2D eigenvalue weighted by molar-refractivity contribution is -0.131. The number of rotatable bonds is 4. The Kier molecular flexibility index (Phi) is 5.36. The van der Waals surface area contributed by atoms with Crippen molar-refractivity contribution in [2.24, 2.45) is 0 Å². The van der Waals surface area contributed by atoms with Crippen LogP contribution in [0, 0.1) is 31.0 Å². The minimum absolute atomic E-state index is 0.117. The topological polar surface area (TPSA) is 77.5 Å². The summed E-state index contributed by atoms with van der Waals surface area (Å²) in [4.78, 5) is 21.3. The first-order chi connectivity index (χ1) is 14.5. The predicted molar refractivity (Wildman–Crippen MR) is 111 cm³/mol. The third kappa shape index (κ3) is 3.71. The summed E-state index contributed by atoms with van der Waals surface area (Å²) in [6.07, 6.45) is 2.50. The van der Waals surface area contributed by atoms with Crippen LogP contribution in [0.2, 0.25) is 0 Å². The Hall–Kier alpha value is -3.47. The molecule has 7 nitrogen and oxygen atoms in total. The highest BCUT2D eigenvalue weighted by atomic mass is 19.1. The van der Waals surface area contributed by atoms with E-state index in [0.717, 1.165) is 35.7 Å². The second-order valence-corrected chi connectivity index (χ2v) is 7.51. The Morgan fingerprint density at radius 2 is 1.87 bits per heavy atom. The highest BCUT2D eigenvalue weighted by Crippen LogP contribution is 2.20. The van der Waals surface area contributed by atoms with Gasteiger partial charge in [0.2, 0.25) is 5.91 Å². The smallest absolute Gasteiger partial charge is 0.223 e. The third-order valence-electron chi connectivity index (χ3n) is 5.74. The molecule has 1 aliphatic rings. The fourth-order valence-corrected chi connectivity index (χ4v) is 4.01. The zero-order valence-electron chi connectivity index (χ0n) is 17.1. The van der Waals surface area contributed by atoms with Crippen LogP contribution in [0.25, 0.3) is 5.65 Å². The molecule has 1 fully saturated rings. The first kappa shape index (κ1) is 19.8. The van der Waals surface area contributed by atoms with Crippen LogP contribution in [-0.2, 0) is 11.2 Å². The average Bonchev–Trinajstić information content (AvgIpc) is 3.17. The highest BCUT2D eigenvalue weighted by molar-refractivity contribution is 5.77. The van der Waals surface area contributed by atoms with Crippen molar-refractivity contribution in [3.63, 3.8) is 0 Å². The molecular formula is C22H23FN6O. The van der Waals surface area contributed by atoms with Gasteiger partial charge in [0.05, 0.1) is 6.20 Å². The van der Waals surface area contributed by atoms with Crippen molar-refractivity contribution in [3.8, 4) is 6.07 Å². The van der Waals surface area contributed by atoms with Gasteiger partial charge in [-0.2, -0.15) is 10.4 Å². The number of aryl methyl sites for hydroxylation is 2. The molecule has 30 heavy (non-hydrogen) atoms. The molecule has 0 radical (unpaired) electrons. The summed E-state index contributed by atoms with van der Waals surface area (Å²) in [5.74, 6) is -0.129. The number of amides is 1. The number of nitriles is 1. The van der Waals surface area contributed by atoms with E-state index in [0.29, 0.717) is 37.1 Å². The molecule has 1 amide bonds. The van der Waals surface area contributed by atoms with Crippen molar-refractivity contribution in [1.29, 1.82) is 5.26 Å². The van der Waals surface area contributed by atoms with Crippen LogP contribution in [0.1, 0.15) is 28.9 Å². The summed E-state index contributed by atoms with van der Waals surface area (Å²) in [6.45, 7) is 6.60. The number of benzene rings is 1. The Labute approximate surface area is 174 Å². The third-order valence-corrected chi connectivity index (χ3v) is 5.74. The van der Waals surface area contributed by atoms with Gasteiger partial charge < -0.3 is 9.80 Å². The van der Waals surface area contributed by atoms with E-state index in [2.05, 4.69) is 21.1 Å². The van der Waals surface area contributed by atoms with Gasteiger partial charge >= 0.3 is 0 Å². The van der Waals surface area contributed by atoms with Crippen LogP contribution in [0.5, 0.6) is 0 Å². The molecule has 154 valence electrons. The molecule has 3 heterocycles. The zero-order valence-corrected chi connectivity index (χ0v) is 17.1. The lowest BCUT2D eigenvalue weighted by Crippen LogP contribution is -2.48. The van der Waals surface area contributed by atoms with Crippen molar-refractivity contribution in [3.05, 3.63) is 58.8 Å². The Morgan fingerprint density at radius 1 is 1.17 bits per heavy atom. The molecule has 0 spiro atoms. The fraction of sp³-hybridized carbons (Fsp3) is 0.364. The van der Waals surface area contributed by atoms with Gasteiger partial charge in [-0.3, -0.25) is 4.79 Å². The number of anilines is 1. The molecule has 1 aliphatic heterocycles. The largest absolute Gasteiger partial charge is 0.368 e. The van der Waals surface area contributed by atoms with Crippen LogP contribution < -0.4 is 4.90 Å². The van der Waals surface area contributed by atoms with E-state index in [-0.39, 0.29) is 11.7 Å². The number of nitrogens with zero attached hydrogens (tertiary/aromatic N) is 6. The monoisotopic (exact) mass is 406 g/mol. The van der Waals surface area contributed by atoms with E-state index < -0.39 is 0 Å². The SMILES string of the molecule is Cc1nc2c(C#N)cnn2c(C)c1CCC(=O)N1CCN(c2ccc(F)cc2)CC1. The van der Waals surface area contributed by atoms with Crippen LogP contribution in [0.4, 0.5) is 10.1 Å². The molecule has 1 saturated heterocycles. The van der Waals surface area contributed by atoms with E-state index >= 15 is 0 Å². The van der Waals surface area contributed by atoms with Gasteiger partial charge in [-0.05, 0) is 50.1 Å². The molecule has 0 unspecified atom stereocenters. The maximum Gasteiger partial charge on any atom is 0.223 e. The maximum absolute atomic E-state index is 13.1. The van der Waals surface area contributed by atoms with E-state index in [9.17, 15) is 14.4 Å². The van der Waals surface area contributed by atoms with Crippen molar-refractivity contribution >= 4 is 17.2 Å². The zero-order chi connectivity index (χ0) is 21.3. The Morgan fingerprint density at radius 3 is 2.53 bits per heavy atom. The molecule has 2 aromatic heterocycles. The van der Waals surface area contributed by atoms with Gasteiger partial charge in [0.1, 0.15) is 17.4 Å². The minimum atomic E-state index is -0.246. The molecular weight excluding hydrogens is 383 g/mol. The van der Waals surface area contributed by atoms with Crippen LogP contribution >= 0.6 is 0 Å². The second-order valence-electron chi connectivity index (χ2n) is 7.51.